The molecule has 1 aromatic heterocycles. The third-order valence-corrected chi connectivity index (χ3v) is 3.06. The fourth-order valence-electron chi connectivity index (χ4n) is 2.15. The molecular weight excluding hydrogens is 264 g/mol. The second-order valence-corrected chi connectivity index (χ2v) is 4.18. The Morgan fingerprint density at radius 2 is 2.21 bits per heavy atom. The quantitative estimate of drug-likeness (QED) is 0.645. The van der Waals surface area contributed by atoms with Crippen molar-refractivity contribution in [1.82, 2.24) is 4.98 Å². The summed E-state index contributed by atoms with van der Waals surface area (Å²) in [6.07, 6.45) is -4.55. The van der Waals surface area contributed by atoms with Crippen LogP contribution in [0.3, 0.4) is 0 Å². The normalized spacial score (nSPS) is 30.8. The zero-order valence-corrected chi connectivity index (χ0v) is 9.97. The van der Waals surface area contributed by atoms with Crippen molar-refractivity contribution in [3.05, 3.63) is 33.7 Å². The van der Waals surface area contributed by atoms with E-state index in [1.165, 1.54) is 7.11 Å². The van der Waals surface area contributed by atoms with Gasteiger partial charge in [0.2, 0.25) is 5.95 Å². The predicted molar refractivity (Wildman–Crippen MR) is 58.5 cm³/mol. The highest BCUT2D eigenvalue weighted by Crippen LogP contribution is 2.36. The molecule has 1 fully saturated rings. The van der Waals surface area contributed by atoms with Crippen LogP contribution in [-0.2, 0) is 9.47 Å². The Kier molecular flexibility index (Phi) is 3.95. The van der Waals surface area contributed by atoms with E-state index in [2.05, 4.69) is 0 Å². The molecule has 0 aliphatic carbocycles. The number of aliphatic hydroxyl groups is 2. The standard InChI is InChI=1S/C11H13F2NO5/c1-18-10-8(17)5(3-15)19-9(10)7-4(12)2-6(16)14-11(7)13/h2,5,8-10,15,17H,3H2,1H3,(H,14,16). The highest BCUT2D eigenvalue weighted by atomic mass is 19.1. The average molecular weight is 277 g/mol. The summed E-state index contributed by atoms with van der Waals surface area (Å²) in [6, 6.07) is 0.577. The van der Waals surface area contributed by atoms with Crippen LogP contribution in [0.2, 0.25) is 0 Å². The highest BCUT2D eigenvalue weighted by molar-refractivity contribution is 5.20. The molecule has 6 nitrogen and oxygen atoms in total. The van der Waals surface area contributed by atoms with Gasteiger partial charge in [-0.2, -0.15) is 4.39 Å². The smallest absolute Gasteiger partial charge is 0.253 e. The minimum atomic E-state index is -1.26. The van der Waals surface area contributed by atoms with Gasteiger partial charge in [-0.15, -0.1) is 0 Å². The molecule has 0 bridgehead atoms. The van der Waals surface area contributed by atoms with Gasteiger partial charge in [0.05, 0.1) is 12.2 Å². The van der Waals surface area contributed by atoms with E-state index >= 15 is 0 Å². The first-order valence-electron chi connectivity index (χ1n) is 5.55. The lowest BCUT2D eigenvalue weighted by atomic mass is 10.0. The number of aliphatic hydroxyl groups excluding tert-OH is 2. The Morgan fingerprint density at radius 3 is 2.74 bits per heavy atom. The zero-order chi connectivity index (χ0) is 14.2. The largest absolute Gasteiger partial charge is 0.394 e. The monoisotopic (exact) mass is 277 g/mol. The summed E-state index contributed by atoms with van der Waals surface area (Å²) >= 11 is 0. The van der Waals surface area contributed by atoms with Crippen LogP contribution in [0, 0.1) is 11.8 Å². The van der Waals surface area contributed by atoms with Crippen LogP contribution in [0.4, 0.5) is 8.78 Å². The van der Waals surface area contributed by atoms with Gasteiger partial charge in [0.1, 0.15) is 30.2 Å². The number of aromatic amines is 1. The minimum Gasteiger partial charge on any atom is -0.394 e. The number of halogens is 2. The fourth-order valence-corrected chi connectivity index (χ4v) is 2.15. The summed E-state index contributed by atoms with van der Waals surface area (Å²) in [6.45, 7) is -0.524. The molecule has 1 saturated heterocycles. The summed E-state index contributed by atoms with van der Waals surface area (Å²) < 4.78 is 37.5. The van der Waals surface area contributed by atoms with Gasteiger partial charge in [-0.25, -0.2) is 4.39 Å². The maximum Gasteiger partial charge on any atom is 0.253 e. The maximum absolute atomic E-state index is 13.7. The molecule has 0 saturated carbocycles. The molecule has 4 atom stereocenters. The summed E-state index contributed by atoms with van der Waals surface area (Å²) in [7, 11) is 1.24. The number of pyridine rings is 1. The number of ether oxygens (including phenoxy) is 2. The van der Waals surface area contributed by atoms with Crippen molar-refractivity contribution in [3.63, 3.8) is 0 Å². The second kappa shape index (κ2) is 5.33. The van der Waals surface area contributed by atoms with Crippen molar-refractivity contribution in [1.29, 1.82) is 0 Å². The molecular formula is C11H13F2NO5. The molecule has 0 amide bonds. The fraction of sp³-hybridized carbons (Fsp3) is 0.545. The Balaban J connectivity index is 2.44. The van der Waals surface area contributed by atoms with Gasteiger partial charge in [-0.3, -0.25) is 9.78 Å². The summed E-state index contributed by atoms with van der Waals surface area (Å²) in [5.41, 5.74) is -1.47. The summed E-state index contributed by atoms with van der Waals surface area (Å²) in [5, 5.41) is 18.8. The van der Waals surface area contributed by atoms with Crippen LogP contribution < -0.4 is 5.56 Å². The molecule has 4 unspecified atom stereocenters. The van der Waals surface area contributed by atoms with Crippen LogP contribution in [0.1, 0.15) is 11.7 Å². The third-order valence-electron chi connectivity index (χ3n) is 3.06. The van der Waals surface area contributed by atoms with E-state index in [1.54, 1.807) is 4.98 Å². The van der Waals surface area contributed by atoms with E-state index in [4.69, 9.17) is 14.6 Å². The van der Waals surface area contributed by atoms with Crippen molar-refractivity contribution in [2.75, 3.05) is 13.7 Å². The number of nitrogens with one attached hydrogen (secondary N) is 1. The molecule has 3 N–H and O–H groups in total. The molecule has 19 heavy (non-hydrogen) atoms. The molecule has 0 spiro atoms. The molecule has 1 aromatic rings. The third kappa shape index (κ3) is 2.39. The van der Waals surface area contributed by atoms with Crippen LogP contribution in [-0.4, -0.2) is 47.2 Å². The van der Waals surface area contributed by atoms with Crippen LogP contribution in [0.25, 0.3) is 0 Å². The SMILES string of the molecule is COC1C(c2c(F)cc(=O)[nH]c2F)OC(CO)C1O. The van der Waals surface area contributed by atoms with Crippen molar-refractivity contribution < 1.29 is 28.5 Å². The number of aromatic nitrogens is 1. The Morgan fingerprint density at radius 1 is 1.53 bits per heavy atom. The van der Waals surface area contributed by atoms with Crippen molar-refractivity contribution in [3.8, 4) is 0 Å². The molecule has 2 heterocycles. The van der Waals surface area contributed by atoms with E-state index in [1.807, 2.05) is 0 Å². The molecule has 0 radical (unpaired) electrons. The average Bonchev–Trinajstić information content (AvgIpc) is 2.64. The Hall–Kier alpha value is -1.35. The van der Waals surface area contributed by atoms with Crippen LogP contribution in [0.5, 0.6) is 0 Å². The van der Waals surface area contributed by atoms with Crippen molar-refractivity contribution >= 4 is 0 Å². The second-order valence-electron chi connectivity index (χ2n) is 4.18. The number of hydrogen-bond acceptors (Lipinski definition) is 5. The van der Waals surface area contributed by atoms with Gasteiger partial charge in [0, 0.05) is 13.2 Å². The number of rotatable bonds is 3. The molecule has 106 valence electrons. The van der Waals surface area contributed by atoms with Gasteiger partial charge in [0.25, 0.3) is 5.56 Å². The van der Waals surface area contributed by atoms with Gasteiger partial charge < -0.3 is 19.7 Å². The lowest BCUT2D eigenvalue weighted by molar-refractivity contribution is -0.0262. The van der Waals surface area contributed by atoms with Gasteiger partial charge in [-0.1, -0.05) is 0 Å². The first-order chi connectivity index (χ1) is 8.99. The first kappa shape index (κ1) is 14.1. The highest BCUT2D eigenvalue weighted by Gasteiger charge is 2.46. The molecule has 8 heteroatoms. The van der Waals surface area contributed by atoms with E-state index in [9.17, 15) is 18.7 Å². The summed E-state index contributed by atoms with van der Waals surface area (Å²) in [5.74, 6) is -2.29. The number of methoxy groups -OCH3 is 1. The number of H-pyrrole nitrogens is 1. The Bertz CT molecular complexity index is 494. The minimum absolute atomic E-state index is 0.524. The van der Waals surface area contributed by atoms with Crippen LogP contribution in [0.15, 0.2) is 10.9 Å². The van der Waals surface area contributed by atoms with Crippen LogP contribution >= 0.6 is 0 Å². The number of hydrogen-bond donors (Lipinski definition) is 3. The van der Waals surface area contributed by atoms with Crippen molar-refractivity contribution in [2.45, 2.75) is 24.4 Å². The topological polar surface area (TPSA) is 91.8 Å². The lowest BCUT2D eigenvalue weighted by Gasteiger charge is -2.19. The lowest BCUT2D eigenvalue weighted by Crippen LogP contribution is -2.34. The van der Waals surface area contributed by atoms with Gasteiger partial charge in [0.15, 0.2) is 0 Å². The van der Waals surface area contributed by atoms with Gasteiger partial charge >= 0.3 is 0 Å². The maximum atomic E-state index is 13.7. The first-order valence-corrected chi connectivity index (χ1v) is 5.55. The van der Waals surface area contributed by atoms with Crippen molar-refractivity contribution in [2.24, 2.45) is 0 Å². The summed E-state index contributed by atoms with van der Waals surface area (Å²) in [4.78, 5) is 12.7. The molecule has 0 aromatic carbocycles. The van der Waals surface area contributed by atoms with Gasteiger partial charge in [-0.05, 0) is 0 Å². The molecule has 1 aliphatic heterocycles. The van der Waals surface area contributed by atoms with E-state index in [-0.39, 0.29) is 0 Å². The van der Waals surface area contributed by atoms with E-state index in [0.29, 0.717) is 6.07 Å². The van der Waals surface area contributed by atoms with E-state index in [0.717, 1.165) is 0 Å². The molecule has 2 rings (SSSR count). The Labute approximate surface area is 106 Å². The predicted octanol–water partition coefficient (Wildman–Crippen LogP) is -0.539. The van der Waals surface area contributed by atoms with E-state index < -0.39 is 53.9 Å². The molecule has 1 aliphatic rings. The zero-order valence-electron chi connectivity index (χ0n) is 9.97.